The fourth-order valence-electron chi connectivity index (χ4n) is 1.78. The molecular weight excluding hydrogens is 226 g/mol. The number of fused-ring (bicyclic) bond motifs is 1. The predicted octanol–water partition coefficient (Wildman–Crippen LogP) is 2.75. The van der Waals surface area contributed by atoms with Crippen molar-refractivity contribution in [2.75, 3.05) is 7.11 Å². The third kappa shape index (κ3) is 2.31. The summed E-state index contributed by atoms with van der Waals surface area (Å²) in [7, 11) is 1.66. The van der Waals surface area contributed by atoms with E-state index in [4.69, 9.17) is 14.9 Å². The van der Waals surface area contributed by atoms with E-state index in [1.54, 1.807) is 13.4 Å². The number of methoxy groups -OCH3 is 1. The van der Waals surface area contributed by atoms with Gasteiger partial charge in [0.25, 0.3) is 0 Å². The smallest absolute Gasteiger partial charge is 0.140 e. The molecule has 2 rings (SSSR count). The lowest BCUT2D eigenvalue weighted by atomic mass is 10.0. The molecule has 1 aromatic heterocycles. The van der Waals surface area contributed by atoms with Crippen LogP contribution in [0.4, 0.5) is 0 Å². The minimum absolute atomic E-state index is 0. The second kappa shape index (κ2) is 5.23. The lowest BCUT2D eigenvalue weighted by molar-refractivity contribution is 0.408. The highest BCUT2D eigenvalue weighted by molar-refractivity contribution is 5.85. The van der Waals surface area contributed by atoms with Crippen molar-refractivity contribution in [2.24, 2.45) is 5.73 Å². The van der Waals surface area contributed by atoms with Crippen LogP contribution in [0, 0.1) is 0 Å². The number of rotatable bonds is 3. The van der Waals surface area contributed by atoms with Gasteiger partial charge in [0.2, 0.25) is 0 Å². The molecule has 3 nitrogen and oxygen atoms in total. The molecule has 1 aromatic carbocycles. The molecule has 2 N–H and O–H groups in total. The molecule has 0 aliphatic carbocycles. The number of hydrogen-bond donors (Lipinski definition) is 1. The number of furan rings is 1. The molecule has 0 spiro atoms. The van der Waals surface area contributed by atoms with E-state index < -0.39 is 0 Å². The van der Waals surface area contributed by atoms with Crippen LogP contribution in [0.5, 0.6) is 5.75 Å². The SMILES string of the molecule is COc1ccc2ccoc2c1CC(C)N.Cl. The van der Waals surface area contributed by atoms with Gasteiger partial charge in [-0.1, -0.05) is 0 Å². The summed E-state index contributed by atoms with van der Waals surface area (Å²) in [6.07, 6.45) is 2.45. The van der Waals surface area contributed by atoms with E-state index in [0.29, 0.717) is 0 Å². The summed E-state index contributed by atoms with van der Waals surface area (Å²) in [6, 6.07) is 5.98. The molecule has 0 saturated heterocycles. The lowest BCUT2D eigenvalue weighted by Gasteiger charge is -2.10. The Morgan fingerprint density at radius 2 is 2.12 bits per heavy atom. The van der Waals surface area contributed by atoms with Crippen LogP contribution in [0.3, 0.4) is 0 Å². The highest BCUT2D eigenvalue weighted by Gasteiger charge is 2.12. The van der Waals surface area contributed by atoms with Crippen LogP contribution in [-0.2, 0) is 6.42 Å². The van der Waals surface area contributed by atoms with Crippen LogP contribution in [0.2, 0.25) is 0 Å². The molecule has 2 aromatic rings. The monoisotopic (exact) mass is 241 g/mol. The number of nitrogens with two attached hydrogens (primary N) is 1. The predicted molar refractivity (Wildman–Crippen MR) is 67.4 cm³/mol. The molecule has 4 heteroatoms. The number of halogens is 1. The third-order valence-electron chi connectivity index (χ3n) is 2.43. The Morgan fingerprint density at radius 3 is 2.75 bits per heavy atom. The molecule has 0 aliphatic rings. The maximum absolute atomic E-state index is 5.81. The summed E-state index contributed by atoms with van der Waals surface area (Å²) in [4.78, 5) is 0. The van der Waals surface area contributed by atoms with E-state index in [2.05, 4.69) is 0 Å². The average Bonchev–Trinajstić information content (AvgIpc) is 2.65. The molecule has 88 valence electrons. The third-order valence-corrected chi connectivity index (χ3v) is 2.43. The molecular formula is C12H16ClNO2. The fourth-order valence-corrected chi connectivity index (χ4v) is 1.78. The molecule has 1 unspecified atom stereocenters. The summed E-state index contributed by atoms with van der Waals surface area (Å²) in [5.41, 5.74) is 7.74. The Morgan fingerprint density at radius 1 is 1.38 bits per heavy atom. The van der Waals surface area contributed by atoms with Gasteiger partial charge in [-0.2, -0.15) is 0 Å². The van der Waals surface area contributed by atoms with E-state index in [-0.39, 0.29) is 18.4 Å². The first-order chi connectivity index (χ1) is 7.22. The second-order valence-electron chi connectivity index (χ2n) is 3.77. The molecule has 0 amide bonds. The normalized spacial score (nSPS) is 12.2. The number of ether oxygens (including phenoxy) is 1. The van der Waals surface area contributed by atoms with Crippen molar-refractivity contribution in [1.29, 1.82) is 0 Å². The van der Waals surface area contributed by atoms with Crippen LogP contribution in [0.1, 0.15) is 12.5 Å². The lowest BCUT2D eigenvalue weighted by Crippen LogP contribution is -2.18. The van der Waals surface area contributed by atoms with Gasteiger partial charge in [-0.3, -0.25) is 0 Å². The van der Waals surface area contributed by atoms with Crippen LogP contribution in [0.25, 0.3) is 11.0 Å². The second-order valence-corrected chi connectivity index (χ2v) is 3.77. The van der Waals surface area contributed by atoms with Gasteiger partial charge in [-0.05, 0) is 31.5 Å². The first-order valence-electron chi connectivity index (χ1n) is 5.01. The van der Waals surface area contributed by atoms with Gasteiger partial charge in [-0.15, -0.1) is 12.4 Å². The van der Waals surface area contributed by atoms with Gasteiger partial charge < -0.3 is 14.9 Å². The van der Waals surface area contributed by atoms with Crippen molar-refractivity contribution >= 4 is 23.4 Å². The topological polar surface area (TPSA) is 48.4 Å². The van der Waals surface area contributed by atoms with Crippen molar-refractivity contribution in [3.63, 3.8) is 0 Å². The van der Waals surface area contributed by atoms with E-state index in [9.17, 15) is 0 Å². The van der Waals surface area contributed by atoms with Crippen molar-refractivity contribution in [3.05, 3.63) is 30.0 Å². The zero-order valence-corrected chi connectivity index (χ0v) is 10.2. The molecule has 1 atom stereocenters. The summed E-state index contributed by atoms with van der Waals surface area (Å²) in [5, 5.41) is 1.09. The highest BCUT2D eigenvalue weighted by atomic mass is 35.5. The van der Waals surface area contributed by atoms with Crippen molar-refractivity contribution < 1.29 is 9.15 Å². The number of benzene rings is 1. The Balaban J connectivity index is 0.00000128. The van der Waals surface area contributed by atoms with Crippen molar-refractivity contribution in [2.45, 2.75) is 19.4 Å². The van der Waals surface area contributed by atoms with E-state index in [1.165, 1.54) is 0 Å². The van der Waals surface area contributed by atoms with Gasteiger partial charge in [0.15, 0.2) is 0 Å². The molecule has 1 heterocycles. The van der Waals surface area contributed by atoms with Crippen molar-refractivity contribution in [3.8, 4) is 5.75 Å². The maximum Gasteiger partial charge on any atom is 0.140 e. The zero-order chi connectivity index (χ0) is 10.8. The van der Waals surface area contributed by atoms with E-state index >= 15 is 0 Å². The van der Waals surface area contributed by atoms with Gasteiger partial charge in [0.1, 0.15) is 11.3 Å². The number of hydrogen-bond acceptors (Lipinski definition) is 3. The van der Waals surface area contributed by atoms with Gasteiger partial charge >= 0.3 is 0 Å². The Kier molecular flexibility index (Phi) is 4.21. The van der Waals surface area contributed by atoms with Gasteiger partial charge in [0, 0.05) is 17.0 Å². The first-order valence-corrected chi connectivity index (χ1v) is 5.01. The summed E-state index contributed by atoms with van der Waals surface area (Å²) in [5.74, 6) is 0.842. The zero-order valence-electron chi connectivity index (χ0n) is 9.40. The van der Waals surface area contributed by atoms with E-state index in [1.807, 2.05) is 25.1 Å². The fraction of sp³-hybridized carbons (Fsp3) is 0.333. The quantitative estimate of drug-likeness (QED) is 0.899. The maximum atomic E-state index is 5.81. The van der Waals surface area contributed by atoms with Crippen LogP contribution >= 0.6 is 12.4 Å². The Hall–Kier alpha value is -1.19. The van der Waals surface area contributed by atoms with Crippen LogP contribution in [0.15, 0.2) is 28.9 Å². The molecule has 0 fully saturated rings. The molecule has 0 saturated carbocycles. The highest BCUT2D eigenvalue weighted by Crippen LogP contribution is 2.29. The Labute approximate surface area is 101 Å². The molecule has 0 radical (unpaired) electrons. The Bertz CT molecular complexity index is 465. The van der Waals surface area contributed by atoms with Crippen LogP contribution in [-0.4, -0.2) is 13.2 Å². The van der Waals surface area contributed by atoms with Gasteiger partial charge in [0.05, 0.1) is 13.4 Å². The average molecular weight is 242 g/mol. The largest absolute Gasteiger partial charge is 0.496 e. The van der Waals surface area contributed by atoms with Crippen molar-refractivity contribution in [1.82, 2.24) is 0 Å². The minimum atomic E-state index is 0. The molecule has 0 aliphatic heterocycles. The molecule has 0 bridgehead atoms. The summed E-state index contributed by atoms with van der Waals surface area (Å²) < 4.78 is 10.8. The van der Waals surface area contributed by atoms with Crippen LogP contribution < -0.4 is 10.5 Å². The van der Waals surface area contributed by atoms with Gasteiger partial charge in [-0.25, -0.2) is 0 Å². The standard InChI is InChI=1S/C12H15NO2.ClH/c1-8(13)7-10-11(14-2)4-3-9-5-6-15-12(9)10;/h3-6,8H,7,13H2,1-2H3;1H. The first kappa shape index (κ1) is 12.9. The summed E-state index contributed by atoms with van der Waals surface area (Å²) in [6.45, 7) is 1.97. The van der Waals surface area contributed by atoms with E-state index in [0.717, 1.165) is 28.7 Å². The minimum Gasteiger partial charge on any atom is -0.496 e. The molecule has 16 heavy (non-hydrogen) atoms. The summed E-state index contributed by atoms with van der Waals surface area (Å²) >= 11 is 0.